The average molecular weight is 258 g/mol. The smallest absolute Gasteiger partial charge is 0.210 e. The Balaban J connectivity index is 1.82. The van der Waals surface area contributed by atoms with Gasteiger partial charge in [-0.15, -0.1) is 10.2 Å². The third-order valence-electron chi connectivity index (χ3n) is 2.30. The van der Waals surface area contributed by atoms with Crippen LogP contribution in [0.3, 0.4) is 0 Å². The van der Waals surface area contributed by atoms with Gasteiger partial charge in [0, 0.05) is 11.8 Å². The maximum Gasteiger partial charge on any atom is 0.210 e. The molecule has 0 aliphatic carbocycles. The zero-order chi connectivity index (χ0) is 12.4. The number of benzene rings is 1. The maximum atomic E-state index is 5.01. The van der Waals surface area contributed by atoms with Crippen molar-refractivity contribution < 1.29 is 4.52 Å². The van der Waals surface area contributed by atoms with Crippen molar-refractivity contribution in [3.63, 3.8) is 0 Å². The molecular weight excluding hydrogens is 248 g/mol. The summed E-state index contributed by atoms with van der Waals surface area (Å²) in [6.07, 6.45) is 0. The van der Waals surface area contributed by atoms with E-state index in [9.17, 15) is 0 Å². The Morgan fingerprint density at radius 3 is 2.72 bits per heavy atom. The fourth-order valence-electron chi connectivity index (χ4n) is 1.49. The van der Waals surface area contributed by atoms with Gasteiger partial charge in [-0.25, -0.2) is 0 Å². The first-order valence-corrected chi connectivity index (χ1v) is 6.22. The van der Waals surface area contributed by atoms with E-state index in [2.05, 4.69) is 20.7 Å². The minimum atomic E-state index is 0.714. The summed E-state index contributed by atoms with van der Waals surface area (Å²) in [6, 6.07) is 11.7. The van der Waals surface area contributed by atoms with E-state index < -0.39 is 0 Å². The van der Waals surface area contributed by atoms with Crippen molar-refractivity contribution in [1.29, 1.82) is 0 Å². The highest BCUT2D eigenvalue weighted by Gasteiger charge is 2.10. The molecule has 0 unspecified atom stereocenters. The standard InChI is InChI=1S/C12H10N4OS/c1-8-7-10(16-17-8)11-14-15-12(18-11)13-9-5-3-2-4-6-9/h2-7H,1H3,(H,13,15). The molecule has 90 valence electrons. The molecule has 2 heterocycles. The highest BCUT2D eigenvalue weighted by atomic mass is 32.1. The van der Waals surface area contributed by atoms with Gasteiger partial charge < -0.3 is 9.84 Å². The van der Waals surface area contributed by atoms with E-state index in [0.29, 0.717) is 5.69 Å². The Bertz CT molecular complexity index is 647. The van der Waals surface area contributed by atoms with Crippen molar-refractivity contribution in [2.45, 2.75) is 6.92 Å². The van der Waals surface area contributed by atoms with Crippen molar-refractivity contribution in [3.8, 4) is 10.7 Å². The summed E-state index contributed by atoms with van der Waals surface area (Å²) in [5.74, 6) is 0.762. The largest absolute Gasteiger partial charge is 0.361 e. The number of hydrogen-bond donors (Lipinski definition) is 1. The lowest BCUT2D eigenvalue weighted by Gasteiger charge is -1.99. The predicted octanol–water partition coefficient (Wildman–Crippen LogP) is 3.25. The van der Waals surface area contributed by atoms with Crippen molar-refractivity contribution in [3.05, 3.63) is 42.2 Å². The molecule has 1 N–H and O–H groups in total. The van der Waals surface area contributed by atoms with Crippen LogP contribution in [0.2, 0.25) is 0 Å². The SMILES string of the molecule is Cc1cc(-c2nnc(Nc3ccccc3)s2)no1. The highest BCUT2D eigenvalue weighted by molar-refractivity contribution is 7.18. The van der Waals surface area contributed by atoms with Crippen molar-refractivity contribution in [2.24, 2.45) is 0 Å². The summed E-state index contributed by atoms with van der Waals surface area (Å²) >= 11 is 1.44. The van der Waals surface area contributed by atoms with Crippen LogP contribution in [0.1, 0.15) is 5.76 Å². The molecule has 0 aliphatic rings. The second-order valence-corrected chi connectivity index (χ2v) is 4.70. The molecule has 0 saturated heterocycles. The van der Waals surface area contributed by atoms with Gasteiger partial charge in [0.05, 0.1) is 0 Å². The van der Waals surface area contributed by atoms with Crippen molar-refractivity contribution in [1.82, 2.24) is 15.4 Å². The molecule has 0 fully saturated rings. The first-order valence-electron chi connectivity index (χ1n) is 5.40. The number of para-hydroxylation sites is 1. The molecular formula is C12H10N4OS. The third-order valence-corrected chi connectivity index (χ3v) is 3.16. The van der Waals surface area contributed by atoms with Gasteiger partial charge >= 0.3 is 0 Å². The molecule has 3 aromatic rings. The van der Waals surface area contributed by atoms with Crippen molar-refractivity contribution in [2.75, 3.05) is 5.32 Å². The molecule has 0 radical (unpaired) electrons. The Morgan fingerprint density at radius 1 is 1.17 bits per heavy atom. The molecule has 2 aromatic heterocycles. The van der Waals surface area contributed by atoms with Gasteiger partial charge in [-0.05, 0) is 19.1 Å². The number of anilines is 2. The van der Waals surface area contributed by atoms with Crippen LogP contribution in [0, 0.1) is 6.92 Å². The van der Waals surface area contributed by atoms with Gasteiger partial charge in [0.25, 0.3) is 0 Å². The Morgan fingerprint density at radius 2 is 2.00 bits per heavy atom. The minimum absolute atomic E-state index is 0.714. The number of aromatic nitrogens is 3. The first kappa shape index (κ1) is 10.9. The van der Waals surface area contributed by atoms with Gasteiger partial charge in [0.1, 0.15) is 11.5 Å². The lowest BCUT2D eigenvalue weighted by molar-refractivity contribution is 0.399. The molecule has 0 aliphatic heterocycles. The van der Waals surface area contributed by atoms with E-state index in [1.165, 1.54) is 11.3 Å². The summed E-state index contributed by atoms with van der Waals surface area (Å²) in [4.78, 5) is 0. The van der Waals surface area contributed by atoms with E-state index in [1.807, 2.05) is 43.3 Å². The van der Waals surface area contributed by atoms with E-state index in [0.717, 1.165) is 21.6 Å². The number of aryl methyl sites for hydroxylation is 1. The van der Waals surface area contributed by atoms with Gasteiger partial charge in [-0.2, -0.15) is 0 Å². The highest BCUT2D eigenvalue weighted by Crippen LogP contribution is 2.27. The zero-order valence-corrected chi connectivity index (χ0v) is 10.4. The maximum absolute atomic E-state index is 5.01. The van der Waals surface area contributed by atoms with Crippen LogP contribution in [0.25, 0.3) is 10.7 Å². The summed E-state index contributed by atoms with van der Waals surface area (Å²) in [5, 5.41) is 16.7. The molecule has 0 spiro atoms. The summed E-state index contributed by atoms with van der Waals surface area (Å²) in [6.45, 7) is 1.85. The van der Waals surface area contributed by atoms with Crippen LogP contribution < -0.4 is 5.32 Å². The zero-order valence-electron chi connectivity index (χ0n) is 9.62. The molecule has 18 heavy (non-hydrogen) atoms. The van der Waals surface area contributed by atoms with Gasteiger partial charge in [0.15, 0.2) is 5.01 Å². The van der Waals surface area contributed by atoms with Gasteiger partial charge in [-0.1, -0.05) is 34.7 Å². The number of nitrogens with zero attached hydrogens (tertiary/aromatic N) is 3. The van der Waals surface area contributed by atoms with E-state index in [1.54, 1.807) is 0 Å². The summed E-state index contributed by atoms with van der Waals surface area (Å²) in [7, 11) is 0. The monoisotopic (exact) mass is 258 g/mol. The number of rotatable bonds is 3. The Labute approximate surface area is 107 Å². The number of hydrogen-bond acceptors (Lipinski definition) is 6. The fraction of sp³-hybridized carbons (Fsp3) is 0.0833. The van der Waals surface area contributed by atoms with Crippen molar-refractivity contribution >= 4 is 22.2 Å². The molecule has 0 amide bonds. The molecule has 6 heteroatoms. The number of nitrogens with one attached hydrogen (secondary N) is 1. The molecule has 0 saturated carbocycles. The molecule has 1 aromatic carbocycles. The molecule has 3 rings (SSSR count). The quantitative estimate of drug-likeness (QED) is 0.781. The van der Waals surface area contributed by atoms with E-state index in [4.69, 9.17) is 4.52 Å². The minimum Gasteiger partial charge on any atom is -0.361 e. The molecule has 5 nitrogen and oxygen atoms in total. The summed E-state index contributed by atoms with van der Waals surface area (Å²) < 4.78 is 5.01. The second kappa shape index (κ2) is 4.58. The van der Waals surface area contributed by atoms with Crippen LogP contribution in [0.15, 0.2) is 40.9 Å². The Kier molecular flexibility index (Phi) is 2.77. The van der Waals surface area contributed by atoms with Crippen LogP contribution in [-0.4, -0.2) is 15.4 Å². The van der Waals surface area contributed by atoms with Crippen LogP contribution in [0.4, 0.5) is 10.8 Å². The van der Waals surface area contributed by atoms with Gasteiger partial charge in [0.2, 0.25) is 5.13 Å². The normalized spacial score (nSPS) is 10.5. The Hall–Kier alpha value is -2.21. The predicted molar refractivity (Wildman–Crippen MR) is 69.9 cm³/mol. The fourth-order valence-corrected chi connectivity index (χ4v) is 2.21. The molecule has 0 atom stereocenters. The van der Waals surface area contributed by atoms with E-state index in [-0.39, 0.29) is 0 Å². The lowest BCUT2D eigenvalue weighted by atomic mass is 10.3. The first-order chi connectivity index (χ1) is 8.81. The molecule has 0 bridgehead atoms. The van der Waals surface area contributed by atoms with Crippen LogP contribution in [0.5, 0.6) is 0 Å². The summed E-state index contributed by atoms with van der Waals surface area (Å²) in [5.41, 5.74) is 1.70. The van der Waals surface area contributed by atoms with Gasteiger partial charge in [-0.3, -0.25) is 0 Å². The van der Waals surface area contributed by atoms with E-state index >= 15 is 0 Å². The van der Waals surface area contributed by atoms with Crippen LogP contribution >= 0.6 is 11.3 Å². The topological polar surface area (TPSA) is 63.8 Å². The third kappa shape index (κ3) is 2.23. The lowest BCUT2D eigenvalue weighted by Crippen LogP contribution is -1.87. The second-order valence-electron chi connectivity index (χ2n) is 3.73. The average Bonchev–Trinajstić information content (AvgIpc) is 2.99. The van der Waals surface area contributed by atoms with Crippen LogP contribution in [-0.2, 0) is 0 Å².